The highest BCUT2D eigenvalue weighted by molar-refractivity contribution is 5.22. The van der Waals surface area contributed by atoms with Crippen molar-refractivity contribution in [3.8, 4) is 6.07 Å². The van der Waals surface area contributed by atoms with E-state index in [9.17, 15) is 0 Å². The Morgan fingerprint density at radius 1 is 1.27 bits per heavy atom. The zero-order chi connectivity index (χ0) is 10.5. The van der Waals surface area contributed by atoms with E-state index in [0.29, 0.717) is 0 Å². The highest BCUT2D eigenvalue weighted by Gasteiger charge is 2.09. The summed E-state index contributed by atoms with van der Waals surface area (Å²) in [6.45, 7) is 1.96. The molecule has 1 aromatic rings. The number of allylic oxidation sites excluding steroid dienone is 1. The monoisotopic (exact) mass is 198 g/mol. The van der Waals surface area contributed by atoms with Gasteiger partial charge in [0.1, 0.15) is 0 Å². The minimum Gasteiger partial charge on any atom is -0.372 e. The van der Waals surface area contributed by atoms with Crippen molar-refractivity contribution in [1.82, 2.24) is 4.90 Å². The standard InChI is InChI=1S/C13H14N2/c14-9-13-7-4-8-15(11-13)10-12-5-2-1-3-6-12/h1-3,5-6,11H,4,7-8,10H2. The van der Waals surface area contributed by atoms with Gasteiger partial charge in [-0.25, -0.2) is 0 Å². The van der Waals surface area contributed by atoms with Gasteiger partial charge >= 0.3 is 0 Å². The molecule has 0 spiro atoms. The maximum atomic E-state index is 8.83. The minimum atomic E-state index is 0.900. The average molecular weight is 198 g/mol. The van der Waals surface area contributed by atoms with E-state index in [-0.39, 0.29) is 0 Å². The first kappa shape index (κ1) is 9.79. The summed E-state index contributed by atoms with van der Waals surface area (Å²) in [6.07, 6.45) is 4.02. The summed E-state index contributed by atoms with van der Waals surface area (Å²) >= 11 is 0. The third-order valence-corrected chi connectivity index (χ3v) is 2.60. The summed E-state index contributed by atoms with van der Waals surface area (Å²) < 4.78 is 0. The third-order valence-electron chi connectivity index (χ3n) is 2.60. The second-order valence-corrected chi connectivity index (χ2v) is 3.83. The summed E-state index contributed by atoms with van der Waals surface area (Å²) in [4.78, 5) is 2.22. The summed E-state index contributed by atoms with van der Waals surface area (Å²) in [5.74, 6) is 0. The van der Waals surface area contributed by atoms with E-state index >= 15 is 0 Å². The van der Waals surface area contributed by atoms with Crippen molar-refractivity contribution >= 4 is 0 Å². The van der Waals surface area contributed by atoms with Gasteiger partial charge in [0.15, 0.2) is 0 Å². The molecule has 0 unspecified atom stereocenters. The van der Waals surface area contributed by atoms with Gasteiger partial charge in [0.25, 0.3) is 0 Å². The Labute approximate surface area is 90.4 Å². The Bertz CT molecular complexity index is 387. The molecule has 1 heterocycles. The van der Waals surface area contributed by atoms with Crippen LogP contribution in [0.25, 0.3) is 0 Å². The number of nitriles is 1. The number of hydrogen-bond donors (Lipinski definition) is 0. The lowest BCUT2D eigenvalue weighted by molar-refractivity contribution is 0.344. The lowest BCUT2D eigenvalue weighted by Crippen LogP contribution is -2.22. The van der Waals surface area contributed by atoms with Gasteiger partial charge in [-0.05, 0) is 18.4 Å². The molecule has 1 aliphatic rings. The van der Waals surface area contributed by atoms with E-state index in [1.807, 2.05) is 24.4 Å². The van der Waals surface area contributed by atoms with E-state index in [2.05, 4.69) is 23.1 Å². The molecule has 2 rings (SSSR count). The maximum absolute atomic E-state index is 8.83. The van der Waals surface area contributed by atoms with Crippen molar-refractivity contribution in [2.45, 2.75) is 19.4 Å². The molecule has 0 atom stereocenters. The van der Waals surface area contributed by atoms with Gasteiger partial charge in [-0.3, -0.25) is 0 Å². The summed E-state index contributed by atoms with van der Waals surface area (Å²) in [5.41, 5.74) is 2.20. The van der Waals surface area contributed by atoms with Crippen LogP contribution in [0.3, 0.4) is 0 Å². The van der Waals surface area contributed by atoms with Crippen LogP contribution in [0.2, 0.25) is 0 Å². The van der Waals surface area contributed by atoms with Gasteiger partial charge in [0.05, 0.1) is 6.07 Å². The van der Waals surface area contributed by atoms with Crippen molar-refractivity contribution in [2.24, 2.45) is 0 Å². The molecule has 1 aliphatic heterocycles. The lowest BCUT2D eigenvalue weighted by atomic mass is 10.1. The van der Waals surface area contributed by atoms with Crippen LogP contribution in [0, 0.1) is 11.3 Å². The molecule has 0 bridgehead atoms. The molecule has 0 saturated heterocycles. The Morgan fingerprint density at radius 2 is 2.07 bits per heavy atom. The van der Waals surface area contributed by atoms with Crippen LogP contribution in [0.1, 0.15) is 18.4 Å². The second-order valence-electron chi connectivity index (χ2n) is 3.83. The first-order valence-electron chi connectivity index (χ1n) is 5.27. The Morgan fingerprint density at radius 3 is 2.80 bits per heavy atom. The number of benzene rings is 1. The summed E-state index contributed by atoms with van der Waals surface area (Å²) in [5, 5.41) is 8.83. The van der Waals surface area contributed by atoms with Crippen LogP contribution < -0.4 is 0 Å². The van der Waals surface area contributed by atoms with Crippen LogP contribution in [0.4, 0.5) is 0 Å². The Balaban J connectivity index is 2.04. The molecule has 1 aromatic carbocycles. The number of hydrogen-bond acceptors (Lipinski definition) is 2. The van der Waals surface area contributed by atoms with E-state index in [1.54, 1.807) is 0 Å². The fraction of sp³-hybridized carbons (Fsp3) is 0.308. The molecule has 2 heteroatoms. The third kappa shape index (κ3) is 2.60. The molecule has 2 nitrogen and oxygen atoms in total. The Kier molecular flexibility index (Phi) is 3.04. The van der Waals surface area contributed by atoms with Crippen LogP contribution >= 0.6 is 0 Å². The van der Waals surface area contributed by atoms with E-state index in [0.717, 1.165) is 31.5 Å². The van der Waals surface area contributed by atoms with Crippen molar-refractivity contribution in [3.63, 3.8) is 0 Å². The average Bonchev–Trinajstić information content (AvgIpc) is 2.31. The fourth-order valence-corrected chi connectivity index (χ4v) is 1.85. The van der Waals surface area contributed by atoms with Crippen LogP contribution in [0.5, 0.6) is 0 Å². The highest BCUT2D eigenvalue weighted by atomic mass is 15.1. The topological polar surface area (TPSA) is 27.0 Å². The van der Waals surface area contributed by atoms with Gasteiger partial charge in [0.2, 0.25) is 0 Å². The minimum absolute atomic E-state index is 0.900. The van der Waals surface area contributed by atoms with Crippen molar-refractivity contribution in [1.29, 1.82) is 5.26 Å². The molecule has 0 fully saturated rings. The van der Waals surface area contributed by atoms with E-state index in [4.69, 9.17) is 5.26 Å². The van der Waals surface area contributed by atoms with Gasteiger partial charge < -0.3 is 4.90 Å². The molecule has 0 amide bonds. The predicted octanol–water partition coefficient (Wildman–Crippen LogP) is 2.69. The normalized spacial score (nSPS) is 15.7. The number of rotatable bonds is 2. The number of nitrogens with zero attached hydrogens (tertiary/aromatic N) is 2. The van der Waals surface area contributed by atoms with Crippen molar-refractivity contribution in [2.75, 3.05) is 6.54 Å². The molecule has 0 saturated carbocycles. The fourth-order valence-electron chi connectivity index (χ4n) is 1.85. The largest absolute Gasteiger partial charge is 0.372 e. The van der Waals surface area contributed by atoms with Gasteiger partial charge in [-0.15, -0.1) is 0 Å². The molecule has 0 aromatic heterocycles. The maximum Gasteiger partial charge on any atom is 0.0962 e. The first-order valence-corrected chi connectivity index (χ1v) is 5.27. The summed E-state index contributed by atoms with van der Waals surface area (Å²) in [7, 11) is 0. The first-order chi connectivity index (χ1) is 7.38. The molecule has 0 aliphatic carbocycles. The van der Waals surface area contributed by atoms with Crippen molar-refractivity contribution < 1.29 is 0 Å². The van der Waals surface area contributed by atoms with E-state index < -0.39 is 0 Å². The quantitative estimate of drug-likeness (QED) is 0.730. The molecular formula is C13H14N2. The molecule has 15 heavy (non-hydrogen) atoms. The summed E-state index contributed by atoms with van der Waals surface area (Å²) in [6, 6.07) is 12.6. The van der Waals surface area contributed by atoms with Crippen molar-refractivity contribution in [3.05, 3.63) is 47.7 Å². The zero-order valence-corrected chi connectivity index (χ0v) is 8.69. The SMILES string of the molecule is N#CC1=CN(Cc2ccccc2)CCC1. The van der Waals surface area contributed by atoms with Gasteiger partial charge in [-0.1, -0.05) is 30.3 Å². The molecule has 0 N–H and O–H groups in total. The second kappa shape index (κ2) is 4.65. The molecular weight excluding hydrogens is 184 g/mol. The Hall–Kier alpha value is -1.75. The molecule has 0 radical (unpaired) electrons. The lowest BCUT2D eigenvalue weighted by Gasteiger charge is -2.24. The van der Waals surface area contributed by atoms with Gasteiger partial charge in [0, 0.05) is 24.9 Å². The smallest absolute Gasteiger partial charge is 0.0962 e. The van der Waals surface area contributed by atoms with E-state index in [1.165, 1.54) is 5.56 Å². The van der Waals surface area contributed by atoms with Crippen LogP contribution in [-0.4, -0.2) is 11.4 Å². The van der Waals surface area contributed by atoms with Crippen LogP contribution in [0.15, 0.2) is 42.1 Å². The molecule has 76 valence electrons. The highest BCUT2D eigenvalue weighted by Crippen LogP contribution is 2.16. The van der Waals surface area contributed by atoms with Crippen LogP contribution in [-0.2, 0) is 6.54 Å². The predicted molar refractivity (Wildman–Crippen MR) is 59.8 cm³/mol. The zero-order valence-electron chi connectivity index (χ0n) is 8.69. The van der Waals surface area contributed by atoms with Gasteiger partial charge in [-0.2, -0.15) is 5.26 Å².